The first-order valence-corrected chi connectivity index (χ1v) is 4.71. The van der Waals surface area contributed by atoms with E-state index < -0.39 is 5.91 Å². The van der Waals surface area contributed by atoms with Crippen LogP contribution in [-0.2, 0) is 6.54 Å². The molecule has 0 radical (unpaired) electrons. The predicted molar refractivity (Wildman–Crippen MR) is 58.8 cm³/mol. The second-order valence-electron chi connectivity index (χ2n) is 3.31. The molecule has 0 fully saturated rings. The fraction of sp³-hybridized carbons (Fsp3) is 0.100. The van der Waals surface area contributed by atoms with E-state index in [2.05, 4.69) is 15.5 Å². The first kappa shape index (κ1) is 10.3. The number of nitrogens with one attached hydrogen (secondary N) is 3. The zero-order valence-corrected chi connectivity index (χ0v) is 8.45. The number of benzene rings is 1. The molecule has 1 amide bonds. The maximum absolute atomic E-state index is 11.5. The van der Waals surface area contributed by atoms with Crippen LogP contribution in [-0.4, -0.2) is 10.9 Å². The highest BCUT2D eigenvalue weighted by Gasteiger charge is 2.16. The Hall–Kier alpha value is -2.21. The highest BCUT2D eigenvalue weighted by molar-refractivity contribution is 6.00. The number of carbonyl (C=O) groups is 1. The standard InChI is InChI=1S/C10H11N5O/c11-13-5-7-6-3-1-2-4-8(6)14-9(7)10(16)15-12/h1-4,11,14H,5,12H2,(H,15,16). The van der Waals surface area contributed by atoms with Gasteiger partial charge in [-0.15, -0.1) is 0 Å². The van der Waals surface area contributed by atoms with Gasteiger partial charge in [0.05, 0.1) is 6.54 Å². The van der Waals surface area contributed by atoms with Crippen molar-refractivity contribution in [3.05, 3.63) is 35.5 Å². The van der Waals surface area contributed by atoms with Crippen molar-refractivity contribution in [2.75, 3.05) is 0 Å². The van der Waals surface area contributed by atoms with E-state index in [1.165, 1.54) is 0 Å². The number of amides is 1. The molecule has 0 bridgehead atoms. The fourth-order valence-electron chi connectivity index (χ4n) is 1.71. The first-order chi connectivity index (χ1) is 7.77. The third kappa shape index (κ3) is 1.55. The Labute approximate surface area is 91.3 Å². The Balaban J connectivity index is 2.67. The molecular weight excluding hydrogens is 206 g/mol. The number of carbonyl (C=O) groups excluding carboxylic acids is 1. The smallest absolute Gasteiger partial charge is 0.281 e. The third-order valence-electron chi connectivity index (χ3n) is 2.41. The van der Waals surface area contributed by atoms with Gasteiger partial charge in [-0.25, -0.2) is 11.4 Å². The Morgan fingerprint density at radius 2 is 2.25 bits per heavy atom. The molecule has 0 saturated heterocycles. The number of nitrogens with two attached hydrogens (primary N) is 1. The van der Waals surface area contributed by atoms with Crippen molar-refractivity contribution in [3.63, 3.8) is 0 Å². The highest BCUT2D eigenvalue weighted by atomic mass is 16.2. The summed E-state index contributed by atoms with van der Waals surface area (Å²) in [6, 6.07) is 7.47. The van der Waals surface area contributed by atoms with Crippen LogP contribution < -0.4 is 11.3 Å². The zero-order valence-electron chi connectivity index (χ0n) is 8.45. The van der Waals surface area contributed by atoms with Gasteiger partial charge >= 0.3 is 0 Å². The lowest BCUT2D eigenvalue weighted by molar-refractivity contribution is 0.0948. The summed E-state index contributed by atoms with van der Waals surface area (Å²) in [6.07, 6.45) is 0. The van der Waals surface area contributed by atoms with Crippen LogP contribution in [0.1, 0.15) is 16.1 Å². The van der Waals surface area contributed by atoms with Crippen molar-refractivity contribution in [1.29, 1.82) is 5.53 Å². The predicted octanol–water partition coefficient (Wildman–Crippen LogP) is 1.30. The lowest BCUT2D eigenvalue weighted by Gasteiger charge is -1.99. The Kier molecular flexibility index (Phi) is 2.65. The second kappa shape index (κ2) is 4.11. The molecule has 5 N–H and O–H groups in total. The van der Waals surface area contributed by atoms with Crippen molar-refractivity contribution in [2.45, 2.75) is 6.54 Å². The number of hydrogen-bond acceptors (Lipinski definition) is 4. The molecule has 2 rings (SSSR count). The minimum atomic E-state index is -0.408. The van der Waals surface area contributed by atoms with Crippen molar-refractivity contribution < 1.29 is 4.79 Å². The van der Waals surface area contributed by atoms with Gasteiger partial charge in [-0.3, -0.25) is 10.2 Å². The average Bonchev–Trinajstić information content (AvgIpc) is 2.68. The van der Waals surface area contributed by atoms with E-state index in [9.17, 15) is 4.79 Å². The third-order valence-corrected chi connectivity index (χ3v) is 2.41. The SMILES string of the molecule is N=NCc1c(C(=O)NN)[nH]c2ccccc12. The first-order valence-electron chi connectivity index (χ1n) is 4.71. The van der Waals surface area contributed by atoms with Crippen LogP contribution in [0.15, 0.2) is 29.4 Å². The van der Waals surface area contributed by atoms with Crippen molar-refractivity contribution in [2.24, 2.45) is 11.0 Å². The lowest BCUT2D eigenvalue weighted by atomic mass is 10.1. The number of nitrogens with zero attached hydrogens (tertiary/aromatic N) is 1. The molecule has 0 aliphatic carbocycles. The molecule has 2 aromatic rings. The van der Waals surface area contributed by atoms with Crippen LogP contribution in [0.4, 0.5) is 0 Å². The van der Waals surface area contributed by atoms with Gasteiger partial charge in [-0.05, 0) is 6.07 Å². The van der Waals surface area contributed by atoms with E-state index in [0.717, 1.165) is 10.9 Å². The molecule has 1 heterocycles. The number of aromatic nitrogens is 1. The van der Waals surface area contributed by atoms with Gasteiger partial charge in [0, 0.05) is 16.5 Å². The van der Waals surface area contributed by atoms with Crippen LogP contribution in [0, 0.1) is 5.53 Å². The number of fused-ring (bicyclic) bond motifs is 1. The van der Waals surface area contributed by atoms with Crippen LogP contribution in [0.5, 0.6) is 0 Å². The summed E-state index contributed by atoms with van der Waals surface area (Å²) in [7, 11) is 0. The quantitative estimate of drug-likeness (QED) is 0.269. The topological polar surface area (TPSA) is 107 Å². The van der Waals surface area contributed by atoms with E-state index >= 15 is 0 Å². The van der Waals surface area contributed by atoms with Crippen molar-refractivity contribution in [1.82, 2.24) is 10.4 Å². The van der Waals surface area contributed by atoms with Crippen molar-refractivity contribution >= 4 is 16.8 Å². The molecule has 0 saturated carbocycles. The summed E-state index contributed by atoms with van der Waals surface area (Å²) >= 11 is 0. The Bertz CT molecular complexity index is 545. The molecule has 1 aromatic heterocycles. The summed E-state index contributed by atoms with van der Waals surface area (Å²) in [5.74, 6) is 4.69. The van der Waals surface area contributed by atoms with E-state index in [0.29, 0.717) is 11.3 Å². The van der Waals surface area contributed by atoms with Crippen LogP contribution in [0.2, 0.25) is 0 Å². The second-order valence-corrected chi connectivity index (χ2v) is 3.31. The summed E-state index contributed by atoms with van der Waals surface area (Å²) < 4.78 is 0. The van der Waals surface area contributed by atoms with Gasteiger partial charge in [0.1, 0.15) is 5.69 Å². The van der Waals surface area contributed by atoms with Crippen LogP contribution in [0.25, 0.3) is 10.9 Å². The summed E-state index contributed by atoms with van der Waals surface area (Å²) in [6.45, 7) is 0.159. The van der Waals surface area contributed by atoms with E-state index in [-0.39, 0.29) is 6.54 Å². The van der Waals surface area contributed by atoms with Gasteiger partial charge in [-0.2, -0.15) is 5.11 Å². The number of rotatable bonds is 3. The summed E-state index contributed by atoms with van der Waals surface area (Å²) in [5, 5.41) is 4.20. The molecule has 6 heteroatoms. The maximum Gasteiger partial charge on any atom is 0.281 e. The highest BCUT2D eigenvalue weighted by Crippen LogP contribution is 2.22. The number of H-pyrrole nitrogens is 1. The number of para-hydroxylation sites is 1. The van der Waals surface area contributed by atoms with E-state index in [1.54, 1.807) is 0 Å². The molecule has 1 aromatic carbocycles. The molecule has 82 valence electrons. The normalized spacial score (nSPS) is 10.3. The molecule has 16 heavy (non-hydrogen) atoms. The number of hydrazine groups is 1. The largest absolute Gasteiger partial charge is 0.350 e. The van der Waals surface area contributed by atoms with E-state index in [4.69, 9.17) is 11.4 Å². The molecule has 0 spiro atoms. The summed E-state index contributed by atoms with van der Waals surface area (Å²) in [4.78, 5) is 14.5. The Morgan fingerprint density at radius 3 is 2.94 bits per heavy atom. The summed E-state index contributed by atoms with van der Waals surface area (Å²) in [5.41, 5.74) is 10.8. The number of aromatic amines is 1. The minimum absolute atomic E-state index is 0.159. The van der Waals surface area contributed by atoms with Crippen LogP contribution >= 0.6 is 0 Å². The zero-order chi connectivity index (χ0) is 11.5. The van der Waals surface area contributed by atoms with Crippen molar-refractivity contribution in [3.8, 4) is 0 Å². The number of nitrogen functional groups attached to an aromatic ring is 1. The molecule has 6 nitrogen and oxygen atoms in total. The minimum Gasteiger partial charge on any atom is -0.350 e. The molecule has 0 unspecified atom stereocenters. The van der Waals surface area contributed by atoms with Gasteiger partial charge in [0.2, 0.25) is 0 Å². The fourth-order valence-corrected chi connectivity index (χ4v) is 1.71. The monoisotopic (exact) mass is 217 g/mol. The molecule has 0 aliphatic rings. The van der Waals surface area contributed by atoms with Crippen LogP contribution in [0.3, 0.4) is 0 Å². The van der Waals surface area contributed by atoms with Gasteiger partial charge in [0.25, 0.3) is 5.91 Å². The maximum atomic E-state index is 11.5. The molecule has 0 aliphatic heterocycles. The molecular formula is C10H11N5O. The Morgan fingerprint density at radius 1 is 1.50 bits per heavy atom. The average molecular weight is 217 g/mol. The number of hydrogen-bond donors (Lipinski definition) is 4. The van der Waals surface area contributed by atoms with Gasteiger partial charge < -0.3 is 4.98 Å². The van der Waals surface area contributed by atoms with E-state index in [1.807, 2.05) is 24.3 Å². The van der Waals surface area contributed by atoms with Gasteiger partial charge in [-0.1, -0.05) is 18.2 Å². The van der Waals surface area contributed by atoms with Gasteiger partial charge in [0.15, 0.2) is 0 Å². The lowest BCUT2D eigenvalue weighted by Crippen LogP contribution is -2.30. The molecule has 0 atom stereocenters.